The molecular weight excluding hydrogens is 410 g/mol. The van der Waals surface area contributed by atoms with Gasteiger partial charge in [-0.25, -0.2) is 4.98 Å². The predicted octanol–water partition coefficient (Wildman–Crippen LogP) is 3.26. The van der Waals surface area contributed by atoms with Gasteiger partial charge in [0.15, 0.2) is 0 Å². The topological polar surface area (TPSA) is 103 Å². The van der Waals surface area contributed by atoms with Crippen LogP contribution in [0.5, 0.6) is 0 Å². The molecule has 162 valence electrons. The van der Waals surface area contributed by atoms with E-state index in [4.69, 9.17) is 4.65 Å². The first-order chi connectivity index (χ1) is 14.8. The Morgan fingerprint density at radius 3 is 2.81 bits per heavy atom. The molecule has 2 heterocycles. The Labute approximate surface area is 177 Å². The molecule has 7 nitrogen and oxygen atoms in total. The van der Waals surface area contributed by atoms with E-state index < -0.39 is 18.9 Å². The number of aryl methyl sites for hydroxylation is 1. The molecule has 4 rings (SSSR count). The summed E-state index contributed by atoms with van der Waals surface area (Å²) in [5, 5.41) is 25.3. The number of hydrogen-bond donors (Lipinski definition) is 3. The SMILES string of the molecule is Cc1cnc(Nc2cc3c(c(C(F)(F)F)c2)B(O)OC3)nc1NC1CCCCC1C#N. The van der Waals surface area contributed by atoms with Crippen LogP contribution >= 0.6 is 0 Å². The predicted molar refractivity (Wildman–Crippen MR) is 109 cm³/mol. The van der Waals surface area contributed by atoms with Crippen molar-refractivity contribution in [3.63, 3.8) is 0 Å². The molecule has 0 radical (unpaired) electrons. The Balaban J connectivity index is 1.61. The average molecular weight is 431 g/mol. The van der Waals surface area contributed by atoms with Gasteiger partial charge in [-0.3, -0.25) is 0 Å². The molecule has 2 atom stereocenters. The first-order valence-corrected chi connectivity index (χ1v) is 10.1. The lowest BCUT2D eigenvalue weighted by molar-refractivity contribution is -0.136. The number of alkyl halides is 3. The minimum atomic E-state index is -4.65. The number of anilines is 3. The normalized spacial score (nSPS) is 20.8. The zero-order chi connectivity index (χ0) is 22.2. The molecule has 0 bridgehead atoms. The van der Waals surface area contributed by atoms with Crippen LogP contribution in [0.2, 0.25) is 0 Å². The second-order valence-electron chi connectivity index (χ2n) is 7.88. The highest BCUT2D eigenvalue weighted by atomic mass is 19.4. The van der Waals surface area contributed by atoms with E-state index in [9.17, 15) is 23.5 Å². The van der Waals surface area contributed by atoms with E-state index in [1.54, 1.807) is 6.20 Å². The summed E-state index contributed by atoms with van der Waals surface area (Å²) in [6.07, 6.45) is 0.648. The summed E-state index contributed by atoms with van der Waals surface area (Å²) in [6.45, 7) is 1.71. The monoisotopic (exact) mass is 431 g/mol. The van der Waals surface area contributed by atoms with E-state index in [0.717, 1.165) is 37.3 Å². The molecule has 2 aliphatic rings. The Bertz CT molecular complexity index is 1030. The summed E-state index contributed by atoms with van der Waals surface area (Å²) in [7, 11) is -1.60. The number of nitriles is 1. The van der Waals surface area contributed by atoms with Crippen LogP contribution in [0.25, 0.3) is 0 Å². The highest BCUT2D eigenvalue weighted by Crippen LogP contribution is 2.34. The lowest BCUT2D eigenvalue weighted by Crippen LogP contribution is -2.34. The smallest absolute Gasteiger partial charge is 0.423 e. The third-order valence-corrected chi connectivity index (χ3v) is 5.70. The van der Waals surface area contributed by atoms with Crippen molar-refractivity contribution in [1.82, 2.24) is 9.97 Å². The van der Waals surface area contributed by atoms with E-state index in [1.165, 1.54) is 6.07 Å². The van der Waals surface area contributed by atoms with Crippen LogP contribution in [0, 0.1) is 24.2 Å². The van der Waals surface area contributed by atoms with Crippen molar-refractivity contribution in [2.45, 2.75) is 51.4 Å². The van der Waals surface area contributed by atoms with Gasteiger partial charge in [-0.1, -0.05) is 12.8 Å². The van der Waals surface area contributed by atoms with Crippen molar-refractivity contribution in [2.75, 3.05) is 10.6 Å². The first kappa shape index (κ1) is 21.4. The Morgan fingerprint density at radius 1 is 1.29 bits per heavy atom. The van der Waals surface area contributed by atoms with Gasteiger partial charge in [-0.2, -0.15) is 23.4 Å². The minimum absolute atomic E-state index is 0.0318. The Morgan fingerprint density at radius 2 is 2.06 bits per heavy atom. The van der Waals surface area contributed by atoms with Crippen LogP contribution in [-0.2, 0) is 17.4 Å². The van der Waals surface area contributed by atoms with Crippen LogP contribution in [-0.4, -0.2) is 28.2 Å². The van der Waals surface area contributed by atoms with Gasteiger partial charge >= 0.3 is 13.3 Å². The molecule has 0 saturated heterocycles. The molecule has 1 aliphatic carbocycles. The van der Waals surface area contributed by atoms with Crippen molar-refractivity contribution in [3.05, 3.63) is 35.0 Å². The van der Waals surface area contributed by atoms with Crippen LogP contribution in [0.15, 0.2) is 18.3 Å². The fourth-order valence-corrected chi connectivity index (χ4v) is 4.09. The van der Waals surface area contributed by atoms with Crippen molar-refractivity contribution in [1.29, 1.82) is 5.26 Å². The summed E-state index contributed by atoms with van der Waals surface area (Å²) >= 11 is 0. The fourth-order valence-electron chi connectivity index (χ4n) is 4.09. The van der Waals surface area contributed by atoms with Crippen molar-refractivity contribution in [3.8, 4) is 6.07 Å². The maximum Gasteiger partial charge on any atom is 0.492 e. The van der Waals surface area contributed by atoms with Gasteiger partial charge in [0, 0.05) is 29.0 Å². The van der Waals surface area contributed by atoms with Crippen LogP contribution in [0.3, 0.4) is 0 Å². The molecule has 0 spiro atoms. The zero-order valence-electron chi connectivity index (χ0n) is 16.8. The standard InChI is InChI=1S/C20H21BF3N5O2/c1-11-9-26-19(29-18(11)28-16-5-3-2-4-12(16)8-25)27-14-6-13-10-31-21(30)17(13)15(7-14)20(22,23)24/h6-7,9,12,16,30H,2-5,10H2,1H3,(H2,26,27,28,29). The summed E-state index contributed by atoms with van der Waals surface area (Å²) in [5.41, 5.74) is -0.0399. The van der Waals surface area contributed by atoms with Crippen LogP contribution < -0.4 is 16.1 Å². The van der Waals surface area contributed by atoms with Crippen LogP contribution in [0.1, 0.15) is 42.4 Å². The number of hydrogen-bond acceptors (Lipinski definition) is 7. The molecule has 1 aromatic heterocycles. The highest BCUT2D eigenvalue weighted by Gasteiger charge is 2.41. The van der Waals surface area contributed by atoms with Gasteiger partial charge in [0.1, 0.15) is 5.82 Å². The number of aromatic nitrogens is 2. The first-order valence-electron chi connectivity index (χ1n) is 10.1. The second kappa shape index (κ2) is 8.36. The third kappa shape index (κ3) is 4.45. The second-order valence-corrected chi connectivity index (χ2v) is 7.88. The number of rotatable bonds is 4. The van der Waals surface area contributed by atoms with E-state index in [1.807, 2.05) is 6.92 Å². The van der Waals surface area contributed by atoms with Gasteiger partial charge in [0.25, 0.3) is 0 Å². The summed E-state index contributed by atoms with van der Waals surface area (Å²) < 4.78 is 45.5. The van der Waals surface area contributed by atoms with Crippen LogP contribution in [0.4, 0.5) is 30.6 Å². The minimum Gasteiger partial charge on any atom is -0.423 e. The van der Waals surface area contributed by atoms with Gasteiger partial charge < -0.3 is 20.3 Å². The summed E-state index contributed by atoms with van der Waals surface area (Å²) in [5.74, 6) is 0.558. The van der Waals surface area contributed by atoms with E-state index in [0.29, 0.717) is 5.82 Å². The van der Waals surface area contributed by atoms with Crippen molar-refractivity contribution < 1.29 is 22.8 Å². The highest BCUT2D eigenvalue weighted by molar-refractivity contribution is 6.62. The van der Waals surface area contributed by atoms with Gasteiger partial charge in [-0.05, 0) is 37.5 Å². The number of nitrogens with one attached hydrogen (secondary N) is 2. The summed E-state index contributed by atoms with van der Waals surface area (Å²) in [6, 6.07) is 4.71. The Hall–Kier alpha value is -2.84. The van der Waals surface area contributed by atoms with Gasteiger partial charge in [-0.15, -0.1) is 0 Å². The van der Waals surface area contributed by atoms with E-state index in [2.05, 4.69) is 26.7 Å². The lowest BCUT2D eigenvalue weighted by atomic mass is 9.75. The van der Waals surface area contributed by atoms with E-state index >= 15 is 0 Å². The molecule has 2 aromatic rings. The molecule has 2 unspecified atom stereocenters. The number of halogens is 3. The zero-order valence-corrected chi connectivity index (χ0v) is 16.8. The largest absolute Gasteiger partial charge is 0.492 e. The lowest BCUT2D eigenvalue weighted by Gasteiger charge is -2.28. The maximum atomic E-state index is 13.5. The molecule has 1 aliphatic heterocycles. The molecule has 0 amide bonds. The van der Waals surface area contributed by atoms with Crippen molar-refractivity contribution >= 4 is 30.0 Å². The van der Waals surface area contributed by atoms with Gasteiger partial charge in [0.05, 0.1) is 24.2 Å². The molecule has 11 heteroatoms. The number of benzene rings is 1. The third-order valence-electron chi connectivity index (χ3n) is 5.70. The average Bonchev–Trinajstić information content (AvgIpc) is 3.10. The van der Waals surface area contributed by atoms with Gasteiger partial charge in [0.2, 0.25) is 5.95 Å². The van der Waals surface area contributed by atoms with Crippen molar-refractivity contribution in [2.24, 2.45) is 5.92 Å². The number of fused-ring (bicyclic) bond motifs is 1. The molecule has 1 saturated carbocycles. The Kier molecular flexibility index (Phi) is 5.77. The molecule has 1 fully saturated rings. The number of nitrogens with zero attached hydrogens (tertiary/aromatic N) is 3. The van der Waals surface area contributed by atoms with E-state index in [-0.39, 0.29) is 41.2 Å². The quantitative estimate of drug-likeness (QED) is 0.639. The fraction of sp³-hybridized carbons (Fsp3) is 0.450. The molecular formula is C20H21BF3N5O2. The molecule has 3 N–H and O–H groups in total. The maximum absolute atomic E-state index is 13.5. The molecule has 1 aromatic carbocycles. The molecule has 31 heavy (non-hydrogen) atoms. The summed E-state index contributed by atoms with van der Waals surface area (Å²) in [4.78, 5) is 8.60.